The van der Waals surface area contributed by atoms with E-state index in [4.69, 9.17) is 0 Å². The molecule has 0 aliphatic heterocycles. The Bertz CT molecular complexity index is 489. The van der Waals surface area contributed by atoms with Gasteiger partial charge in [0.2, 0.25) is 0 Å². The van der Waals surface area contributed by atoms with Crippen LogP contribution in [0.3, 0.4) is 0 Å². The van der Waals surface area contributed by atoms with E-state index in [2.05, 4.69) is 12.2 Å². The minimum absolute atomic E-state index is 0.151. The van der Waals surface area contributed by atoms with Crippen molar-refractivity contribution in [2.24, 2.45) is 5.92 Å². The summed E-state index contributed by atoms with van der Waals surface area (Å²) in [5.74, 6) is 1.05. The van der Waals surface area contributed by atoms with Crippen molar-refractivity contribution in [3.05, 3.63) is 24.3 Å². The third-order valence-corrected chi connectivity index (χ3v) is 5.14. The molecule has 1 N–H and O–H groups in total. The lowest BCUT2D eigenvalue weighted by atomic mass is 10.1. The van der Waals surface area contributed by atoms with E-state index in [1.807, 2.05) is 12.1 Å². The number of hydrogen-bond acceptors (Lipinski definition) is 3. The molecule has 1 fully saturated rings. The van der Waals surface area contributed by atoms with E-state index in [0.717, 1.165) is 11.6 Å². The largest absolute Gasteiger partial charge is 0.383 e. The Hall–Kier alpha value is -1.03. The predicted molar refractivity (Wildman–Crippen MR) is 74.6 cm³/mol. The third kappa shape index (κ3) is 3.48. The number of rotatable bonds is 6. The summed E-state index contributed by atoms with van der Waals surface area (Å²) in [5.41, 5.74) is 0.998. The normalized spacial score (nSPS) is 17.4. The van der Waals surface area contributed by atoms with Gasteiger partial charge in [-0.3, -0.25) is 0 Å². The summed E-state index contributed by atoms with van der Waals surface area (Å²) in [6.07, 6.45) is 3.93. The van der Waals surface area contributed by atoms with Gasteiger partial charge in [-0.2, -0.15) is 0 Å². The van der Waals surface area contributed by atoms with E-state index in [0.29, 0.717) is 10.9 Å². The highest BCUT2D eigenvalue weighted by Crippen LogP contribution is 2.34. The molecule has 1 aliphatic carbocycles. The summed E-state index contributed by atoms with van der Waals surface area (Å²) in [7, 11) is -3.08. The Balaban J connectivity index is 1.98. The first-order valence-electron chi connectivity index (χ1n) is 6.60. The van der Waals surface area contributed by atoms with Crippen LogP contribution in [0.25, 0.3) is 0 Å². The number of sulfone groups is 1. The Morgan fingerprint density at radius 3 is 2.39 bits per heavy atom. The molecule has 1 saturated carbocycles. The molecule has 0 amide bonds. The van der Waals surface area contributed by atoms with E-state index in [-0.39, 0.29) is 5.75 Å². The molecule has 1 atom stereocenters. The summed E-state index contributed by atoms with van der Waals surface area (Å²) in [4.78, 5) is 0.408. The first-order valence-corrected chi connectivity index (χ1v) is 8.26. The second-order valence-electron chi connectivity index (χ2n) is 5.15. The van der Waals surface area contributed by atoms with E-state index < -0.39 is 9.84 Å². The molecule has 4 heteroatoms. The van der Waals surface area contributed by atoms with E-state index >= 15 is 0 Å². The summed E-state index contributed by atoms with van der Waals surface area (Å²) in [6, 6.07) is 7.53. The van der Waals surface area contributed by atoms with Gasteiger partial charge in [-0.15, -0.1) is 0 Å². The van der Waals surface area contributed by atoms with E-state index in [1.165, 1.54) is 19.3 Å². The quantitative estimate of drug-likeness (QED) is 0.861. The van der Waals surface area contributed by atoms with Gasteiger partial charge >= 0.3 is 0 Å². The van der Waals surface area contributed by atoms with Gasteiger partial charge in [0.1, 0.15) is 0 Å². The SMILES string of the molecule is CCS(=O)(=O)c1ccc(NC(C)CC2CC2)cc1. The van der Waals surface area contributed by atoms with Crippen LogP contribution in [-0.4, -0.2) is 20.2 Å². The van der Waals surface area contributed by atoms with E-state index in [9.17, 15) is 8.42 Å². The molecule has 1 aromatic carbocycles. The first kappa shape index (κ1) is 13.4. The van der Waals surface area contributed by atoms with Crippen molar-refractivity contribution in [1.29, 1.82) is 0 Å². The molecule has 0 spiro atoms. The standard InChI is InChI=1S/C14H21NO2S/c1-3-18(16,17)14-8-6-13(7-9-14)15-11(2)10-12-4-5-12/h6-9,11-12,15H,3-5,10H2,1-2H3. The monoisotopic (exact) mass is 267 g/mol. The van der Waals surface area contributed by atoms with Crippen LogP contribution in [0.5, 0.6) is 0 Å². The molecule has 3 nitrogen and oxygen atoms in total. The Labute approximate surface area is 110 Å². The predicted octanol–water partition coefficient (Wildman–Crippen LogP) is 3.08. The highest BCUT2D eigenvalue weighted by molar-refractivity contribution is 7.91. The van der Waals surface area contributed by atoms with Crippen LogP contribution in [0, 0.1) is 5.92 Å². The molecule has 2 rings (SSSR count). The van der Waals surface area contributed by atoms with Crippen LogP contribution in [-0.2, 0) is 9.84 Å². The Morgan fingerprint density at radius 2 is 1.89 bits per heavy atom. The van der Waals surface area contributed by atoms with Gasteiger partial charge < -0.3 is 5.32 Å². The zero-order chi connectivity index (χ0) is 13.2. The molecule has 0 radical (unpaired) electrons. The zero-order valence-electron chi connectivity index (χ0n) is 11.0. The molecule has 1 aromatic rings. The molecular weight excluding hydrogens is 246 g/mol. The van der Waals surface area contributed by atoms with Crippen molar-refractivity contribution in [1.82, 2.24) is 0 Å². The summed E-state index contributed by atoms with van der Waals surface area (Å²) in [6.45, 7) is 3.84. The lowest BCUT2D eigenvalue weighted by Crippen LogP contribution is -2.15. The molecule has 100 valence electrons. The van der Waals surface area contributed by atoms with Crippen molar-refractivity contribution in [2.45, 2.75) is 44.0 Å². The molecule has 0 bridgehead atoms. The maximum Gasteiger partial charge on any atom is 0.178 e. The smallest absolute Gasteiger partial charge is 0.178 e. The summed E-state index contributed by atoms with van der Waals surface area (Å²) >= 11 is 0. The van der Waals surface area contributed by atoms with Gasteiger partial charge in [-0.1, -0.05) is 19.8 Å². The maximum atomic E-state index is 11.7. The van der Waals surface area contributed by atoms with Crippen LogP contribution in [0.15, 0.2) is 29.2 Å². The van der Waals surface area contributed by atoms with Crippen LogP contribution in [0.1, 0.15) is 33.1 Å². The number of benzene rings is 1. The maximum absolute atomic E-state index is 11.7. The van der Waals surface area contributed by atoms with E-state index in [1.54, 1.807) is 19.1 Å². The van der Waals surface area contributed by atoms with Gasteiger partial charge in [0, 0.05) is 11.7 Å². The van der Waals surface area contributed by atoms with Crippen LogP contribution >= 0.6 is 0 Å². The second-order valence-corrected chi connectivity index (χ2v) is 7.43. The molecule has 18 heavy (non-hydrogen) atoms. The Kier molecular flexibility index (Phi) is 3.95. The molecule has 0 saturated heterocycles. The molecule has 1 unspecified atom stereocenters. The van der Waals surface area contributed by atoms with Crippen molar-refractivity contribution in [3.8, 4) is 0 Å². The van der Waals surface area contributed by atoms with Gasteiger partial charge in [-0.25, -0.2) is 8.42 Å². The molecule has 0 heterocycles. The number of nitrogens with one attached hydrogen (secondary N) is 1. The average Bonchev–Trinajstić information content (AvgIpc) is 3.13. The third-order valence-electron chi connectivity index (χ3n) is 3.39. The number of anilines is 1. The zero-order valence-corrected chi connectivity index (χ0v) is 11.8. The highest BCUT2D eigenvalue weighted by atomic mass is 32.2. The summed E-state index contributed by atoms with van der Waals surface area (Å²) < 4.78 is 23.3. The fraction of sp³-hybridized carbons (Fsp3) is 0.571. The van der Waals surface area contributed by atoms with Crippen molar-refractivity contribution in [3.63, 3.8) is 0 Å². The molecule has 1 aliphatic rings. The fourth-order valence-electron chi connectivity index (χ4n) is 2.12. The lowest BCUT2D eigenvalue weighted by molar-refractivity contribution is 0.597. The van der Waals surface area contributed by atoms with Crippen molar-refractivity contribution in [2.75, 3.05) is 11.1 Å². The van der Waals surface area contributed by atoms with Crippen molar-refractivity contribution >= 4 is 15.5 Å². The second kappa shape index (κ2) is 5.31. The van der Waals surface area contributed by atoms with Crippen LogP contribution < -0.4 is 5.32 Å². The minimum Gasteiger partial charge on any atom is -0.383 e. The van der Waals surface area contributed by atoms with Gasteiger partial charge in [0.05, 0.1) is 10.6 Å². The highest BCUT2D eigenvalue weighted by Gasteiger charge is 2.23. The van der Waals surface area contributed by atoms with Crippen molar-refractivity contribution < 1.29 is 8.42 Å². The van der Waals surface area contributed by atoms with Crippen LogP contribution in [0.2, 0.25) is 0 Å². The average molecular weight is 267 g/mol. The number of hydrogen-bond donors (Lipinski definition) is 1. The summed E-state index contributed by atoms with van der Waals surface area (Å²) in [5, 5.41) is 3.42. The van der Waals surface area contributed by atoms with Gasteiger partial charge in [0.25, 0.3) is 0 Å². The van der Waals surface area contributed by atoms with Crippen LogP contribution in [0.4, 0.5) is 5.69 Å². The van der Waals surface area contributed by atoms with Gasteiger partial charge in [0.15, 0.2) is 9.84 Å². The minimum atomic E-state index is -3.08. The fourth-order valence-corrected chi connectivity index (χ4v) is 3.01. The Morgan fingerprint density at radius 1 is 1.28 bits per heavy atom. The topological polar surface area (TPSA) is 46.2 Å². The lowest BCUT2D eigenvalue weighted by Gasteiger charge is -2.15. The molecular formula is C14H21NO2S. The van der Waals surface area contributed by atoms with Gasteiger partial charge in [-0.05, 0) is 43.5 Å². The molecule has 0 aromatic heterocycles. The first-order chi connectivity index (χ1) is 8.51.